The molecule has 0 fully saturated rings. The van der Waals surface area contributed by atoms with Gasteiger partial charge in [0.2, 0.25) is 0 Å². The van der Waals surface area contributed by atoms with Crippen LogP contribution >= 0.6 is 0 Å². The van der Waals surface area contributed by atoms with Gasteiger partial charge in [-0.3, -0.25) is 0 Å². The van der Waals surface area contributed by atoms with Crippen LogP contribution in [-0.4, -0.2) is 19.7 Å². The van der Waals surface area contributed by atoms with Crippen LogP contribution < -0.4 is 4.74 Å². The van der Waals surface area contributed by atoms with E-state index in [4.69, 9.17) is 11.2 Å². The first-order valence-electron chi connectivity index (χ1n) is 4.13. The highest BCUT2D eigenvalue weighted by molar-refractivity contribution is 5.92. The summed E-state index contributed by atoms with van der Waals surface area (Å²) in [6, 6.07) is 3.55. The van der Waals surface area contributed by atoms with E-state index < -0.39 is 11.8 Å². The number of rotatable bonds is 3. The van der Waals surface area contributed by atoms with Gasteiger partial charge in [0.05, 0.1) is 7.11 Å². The van der Waals surface area contributed by atoms with Crippen molar-refractivity contribution in [1.29, 1.82) is 0 Å². The summed E-state index contributed by atoms with van der Waals surface area (Å²) in [6.07, 6.45) is 5.00. The topological polar surface area (TPSA) is 35.5 Å². The van der Waals surface area contributed by atoms with Crippen LogP contribution in [0.2, 0.25) is 0 Å². The van der Waals surface area contributed by atoms with Crippen molar-refractivity contribution in [2.24, 2.45) is 0 Å². The van der Waals surface area contributed by atoms with E-state index in [1.54, 1.807) is 0 Å². The molecule has 1 aromatic carbocycles. The summed E-state index contributed by atoms with van der Waals surface area (Å²) in [5.74, 6) is 1.25. The average molecular weight is 208 g/mol. The third-order valence-corrected chi connectivity index (χ3v) is 1.66. The molecular weight excluding hydrogens is 199 g/mol. The van der Waals surface area contributed by atoms with Gasteiger partial charge in [-0.05, 0) is 18.2 Å². The average Bonchev–Trinajstić information content (AvgIpc) is 2.26. The van der Waals surface area contributed by atoms with E-state index in [2.05, 4.69) is 10.7 Å². The molecule has 0 bridgehead atoms. The van der Waals surface area contributed by atoms with Gasteiger partial charge in [-0.1, -0.05) is 5.92 Å². The number of ether oxygens (including phenoxy) is 2. The zero-order chi connectivity index (χ0) is 11.3. The van der Waals surface area contributed by atoms with E-state index in [1.807, 2.05) is 0 Å². The molecule has 0 aromatic heterocycles. The molecule has 0 atom stereocenters. The van der Waals surface area contributed by atoms with E-state index in [0.29, 0.717) is 0 Å². The van der Waals surface area contributed by atoms with E-state index >= 15 is 0 Å². The molecule has 0 spiro atoms. The molecular formula is C11H9FO3. The second kappa shape index (κ2) is 5.01. The van der Waals surface area contributed by atoms with Crippen LogP contribution in [0.25, 0.3) is 0 Å². The summed E-state index contributed by atoms with van der Waals surface area (Å²) in [7, 11) is 1.21. The fourth-order valence-electron chi connectivity index (χ4n) is 1.02. The number of hydrogen-bond donors (Lipinski definition) is 0. The highest BCUT2D eigenvalue weighted by Crippen LogP contribution is 2.20. The quantitative estimate of drug-likeness (QED) is 0.559. The minimum Gasteiger partial charge on any atom is -0.480 e. The lowest BCUT2D eigenvalue weighted by Gasteiger charge is -2.07. The zero-order valence-corrected chi connectivity index (χ0v) is 8.12. The van der Waals surface area contributed by atoms with Crippen LogP contribution in [0.1, 0.15) is 10.4 Å². The second-order valence-corrected chi connectivity index (χ2v) is 2.62. The SMILES string of the molecule is C#CCOc1ccc(F)cc1C(=O)OC. The first-order valence-corrected chi connectivity index (χ1v) is 4.13. The maximum Gasteiger partial charge on any atom is 0.341 e. The van der Waals surface area contributed by atoms with E-state index in [1.165, 1.54) is 19.2 Å². The number of halogens is 1. The summed E-state index contributed by atoms with van der Waals surface area (Å²) in [5.41, 5.74) is 0.0211. The Morgan fingerprint density at radius 3 is 2.93 bits per heavy atom. The molecule has 0 saturated heterocycles. The number of terminal acetylenes is 1. The minimum absolute atomic E-state index is 0.00955. The summed E-state index contributed by atoms with van der Waals surface area (Å²) in [5, 5.41) is 0. The van der Waals surface area contributed by atoms with Crippen molar-refractivity contribution >= 4 is 5.97 Å². The van der Waals surface area contributed by atoms with Gasteiger partial charge in [0, 0.05) is 0 Å². The Labute approximate surface area is 86.8 Å². The Bertz CT molecular complexity index is 407. The highest BCUT2D eigenvalue weighted by atomic mass is 19.1. The molecule has 0 aliphatic rings. The monoisotopic (exact) mass is 208 g/mol. The van der Waals surface area contributed by atoms with Gasteiger partial charge in [0.15, 0.2) is 0 Å². The van der Waals surface area contributed by atoms with Crippen molar-refractivity contribution < 1.29 is 18.7 Å². The molecule has 0 saturated carbocycles. The molecule has 0 amide bonds. The standard InChI is InChI=1S/C11H9FO3/c1-3-6-15-10-5-4-8(12)7-9(10)11(13)14-2/h1,4-5,7H,6H2,2H3. The molecule has 3 nitrogen and oxygen atoms in total. The molecule has 0 N–H and O–H groups in total. The van der Waals surface area contributed by atoms with E-state index in [9.17, 15) is 9.18 Å². The molecule has 15 heavy (non-hydrogen) atoms. The van der Waals surface area contributed by atoms with Crippen LogP contribution in [0.5, 0.6) is 5.75 Å². The van der Waals surface area contributed by atoms with Crippen LogP contribution in [0, 0.1) is 18.2 Å². The number of esters is 1. The molecule has 0 aliphatic heterocycles. The van der Waals surface area contributed by atoms with E-state index in [0.717, 1.165) is 6.07 Å². The molecule has 78 valence electrons. The molecule has 1 rings (SSSR count). The number of carbonyl (C=O) groups is 1. The number of benzene rings is 1. The van der Waals surface area contributed by atoms with Crippen molar-refractivity contribution in [2.75, 3.05) is 13.7 Å². The van der Waals surface area contributed by atoms with Crippen molar-refractivity contribution in [1.82, 2.24) is 0 Å². The lowest BCUT2D eigenvalue weighted by atomic mass is 10.2. The predicted octanol–water partition coefficient (Wildman–Crippen LogP) is 1.62. The summed E-state index contributed by atoms with van der Waals surface area (Å²) >= 11 is 0. The largest absolute Gasteiger partial charge is 0.480 e. The Balaban J connectivity index is 3.04. The Morgan fingerprint density at radius 1 is 1.60 bits per heavy atom. The van der Waals surface area contributed by atoms with Gasteiger partial charge in [-0.2, -0.15) is 0 Å². The lowest BCUT2D eigenvalue weighted by Crippen LogP contribution is -2.06. The Morgan fingerprint density at radius 2 is 2.33 bits per heavy atom. The Kier molecular flexibility index (Phi) is 3.69. The second-order valence-electron chi connectivity index (χ2n) is 2.62. The highest BCUT2D eigenvalue weighted by Gasteiger charge is 2.13. The van der Waals surface area contributed by atoms with Gasteiger partial charge < -0.3 is 9.47 Å². The molecule has 0 heterocycles. The normalized spacial score (nSPS) is 9.13. The molecule has 0 radical (unpaired) electrons. The third kappa shape index (κ3) is 2.71. The number of methoxy groups -OCH3 is 1. The zero-order valence-electron chi connectivity index (χ0n) is 8.12. The van der Waals surface area contributed by atoms with Crippen molar-refractivity contribution in [3.05, 3.63) is 29.6 Å². The molecule has 0 unspecified atom stereocenters. The van der Waals surface area contributed by atoms with Gasteiger partial charge in [0.1, 0.15) is 23.7 Å². The summed E-state index contributed by atoms with van der Waals surface area (Å²) < 4.78 is 22.4. The maximum atomic E-state index is 12.9. The van der Waals surface area contributed by atoms with Crippen molar-refractivity contribution in [3.8, 4) is 18.1 Å². The molecule has 0 aliphatic carbocycles. The van der Waals surface area contributed by atoms with E-state index in [-0.39, 0.29) is 17.9 Å². The molecule has 1 aromatic rings. The summed E-state index contributed by atoms with van der Waals surface area (Å²) in [4.78, 5) is 11.2. The van der Waals surface area contributed by atoms with Crippen LogP contribution in [0.3, 0.4) is 0 Å². The maximum absolute atomic E-state index is 12.9. The smallest absolute Gasteiger partial charge is 0.341 e. The predicted molar refractivity (Wildman–Crippen MR) is 52.1 cm³/mol. The lowest BCUT2D eigenvalue weighted by molar-refractivity contribution is 0.0596. The fourth-order valence-corrected chi connectivity index (χ4v) is 1.02. The first kappa shape index (κ1) is 11.1. The summed E-state index contributed by atoms with van der Waals surface area (Å²) in [6.45, 7) is 0.00955. The Hall–Kier alpha value is -2.02. The number of carbonyl (C=O) groups excluding carboxylic acids is 1. The van der Waals surface area contributed by atoms with Gasteiger partial charge >= 0.3 is 5.97 Å². The van der Waals surface area contributed by atoms with Gasteiger partial charge in [-0.25, -0.2) is 9.18 Å². The minimum atomic E-state index is -0.665. The van der Waals surface area contributed by atoms with Crippen LogP contribution in [0.4, 0.5) is 4.39 Å². The van der Waals surface area contributed by atoms with Crippen LogP contribution in [0.15, 0.2) is 18.2 Å². The third-order valence-electron chi connectivity index (χ3n) is 1.66. The van der Waals surface area contributed by atoms with Gasteiger partial charge in [0.25, 0.3) is 0 Å². The van der Waals surface area contributed by atoms with Crippen molar-refractivity contribution in [2.45, 2.75) is 0 Å². The van der Waals surface area contributed by atoms with Crippen LogP contribution in [-0.2, 0) is 4.74 Å². The molecule has 4 heteroatoms. The first-order chi connectivity index (χ1) is 7.19. The van der Waals surface area contributed by atoms with Gasteiger partial charge in [-0.15, -0.1) is 6.42 Å². The number of hydrogen-bond acceptors (Lipinski definition) is 3. The van der Waals surface area contributed by atoms with Crippen molar-refractivity contribution in [3.63, 3.8) is 0 Å². The fraction of sp³-hybridized carbons (Fsp3) is 0.182.